The second-order valence-corrected chi connectivity index (χ2v) is 6.08. The summed E-state index contributed by atoms with van der Waals surface area (Å²) in [5.41, 5.74) is -0.463. The minimum atomic E-state index is -0.463. The van der Waals surface area contributed by atoms with E-state index < -0.39 is 5.54 Å². The lowest BCUT2D eigenvalue weighted by molar-refractivity contribution is -0.00415. The van der Waals surface area contributed by atoms with Gasteiger partial charge in [-0.1, -0.05) is 0 Å². The van der Waals surface area contributed by atoms with Crippen LogP contribution in [-0.2, 0) is 4.74 Å². The summed E-state index contributed by atoms with van der Waals surface area (Å²) in [5, 5.41) is 1.89. The largest absolute Gasteiger partial charge is 0.379 e. The molecular formula is C12H17NO2S2. The highest BCUT2D eigenvalue weighted by molar-refractivity contribution is 7.80. The molecule has 0 spiro atoms. The molecule has 5 heteroatoms. The molecule has 1 aliphatic heterocycles. The van der Waals surface area contributed by atoms with Crippen molar-refractivity contribution in [3.8, 4) is 0 Å². The van der Waals surface area contributed by atoms with Crippen LogP contribution in [0.1, 0.15) is 23.5 Å². The number of thiol groups is 1. The summed E-state index contributed by atoms with van der Waals surface area (Å²) in [7, 11) is 0. The minimum Gasteiger partial charge on any atom is -0.379 e. The second kappa shape index (κ2) is 5.10. The zero-order valence-corrected chi connectivity index (χ0v) is 11.8. The predicted molar refractivity (Wildman–Crippen MR) is 72.4 cm³/mol. The Balaban J connectivity index is 2.16. The second-order valence-electron chi connectivity index (χ2n) is 4.66. The molecule has 17 heavy (non-hydrogen) atoms. The highest BCUT2D eigenvalue weighted by atomic mass is 32.1. The first-order valence-electron chi connectivity index (χ1n) is 5.67. The maximum absolute atomic E-state index is 12.5. The highest BCUT2D eigenvalue weighted by Crippen LogP contribution is 2.26. The van der Waals surface area contributed by atoms with Gasteiger partial charge in [-0.05, 0) is 19.9 Å². The maximum Gasteiger partial charge on any atom is 0.192 e. The molecule has 0 bridgehead atoms. The van der Waals surface area contributed by atoms with Gasteiger partial charge in [0.25, 0.3) is 0 Å². The number of Topliss-reactive ketones (excluding diaryl/α,β-unsaturated/α-hetero) is 1. The van der Waals surface area contributed by atoms with Crippen LogP contribution in [0.3, 0.4) is 0 Å². The topological polar surface area (TPSA) is 29.5 Å². The fourth-order valence-corrected chi connectivity index (χ4v) is 3.25. The number of hydrogen-bond acceptors (Lipinski definition) is 5. The minimum absolute atomic E-state index is 0.171. The van der Waals surface area contributed by atoms with E-state index in [1.165, 1.54) is 11.3 Å². The Morgan fingerprint density at radius 2 is 2.12 bits per heavy atom. The number of nitrogens with zero attached hydrogens (tertiary/aromatic N) is 1. The van der Waals surface area contributed by atoms with Gasteiger partial charge in [-0.3, -0.25) is 9.69 Å². The van der Waals surface area contributed by atoms with E-state index >= 15 is 0 Å². The Labute approximate surface area is 111 Å². The molecule has 2 rings (SSSR count). The third-order valence-electron chi connectivity index (χ3n) is 3.17. The summed E-state index contributed by atoms with van der Waals surface area (Å²) < 4.78 is 5.32. The van der Waals surface area contributed by atoms with E-state index in [1.54, 1.807) is 0 Å². The van der Waals surface area contributed by atoms with Gasteiger partial charge in [0.15, 0.2) is 5.78 Å². The molecule has 0 atom stereocenters. The van der Waals surface area contributed by atoms with Gasteiger partial charge in [-0.15, -0.1) is 24.0 Å². The highest BCUT2D eigenvalue weighted by Gasteiger charge is 2.36. The average molecular weight is 271 g/mol. The molecule has 0 aliphatic carbocycles. The molecule has 0 radical (unpaired) electrons. The first-order chi connectivity index (χ1) is 8.01. The number of morpholine rings is 1. The molecular weight excluding hydrogens is 254 g/mol. The van der Waals surface area contributed by atoms with Gasteiger partial charge >= 0.3 is 0 Å². The van der Waals surface area contributed by atoms with Gasteiger partial charge in [0.2, 0.25) is 0 Å². The summed E-state index contributed by atoms with van der Waals surface area (Å²) in [6, 6.07) is 1.85. The van der Waals surface area contributed by atoms with Crippen LogP contribution < -0.4 is 0 Å². The fraction of sp³-hybridized carbons (Fsp3) is 0.583. The van der Waals surface area contributed by atoms with Crippen LogP contribution in [0.2, 0.25) is 0 Å². The van der Waals surface area contributed by atoms with Crippen LogP contribution in [0.15, 0.2) is 16.3 Å². The SMILES string of the molecule is CC(C)(C(=O)c1cc(S)cs1)N1CCOCC1. The van der Waals surface area contributed by atoms with Gasteiger partial charge in [-0.2, -0.15) is 0 Å². The van der Waals surface area contributed by atoms with Crippen molar-refractivity contribution < 1.29 is 9.53 Å². The van der Waals surface area contributed by atoms with E-state index in [2.05, 4.69) is 17.5 Å². The average Bonchev–Trinajstić information content (AvgIpc) is 2.76. The van der Waals surface area contributed by atoms with Crippen molar-refractivity contribution in [2.75, 3.05) is 26.3 Å². The van der Waals surface area contributed by atoms with Crippen molar-refractivity contribution in [2.24, 2.45) is 0 Å². The summed E-state index contributed by atoms with van der Waals surface area (Å²) in [6.07, 6.45) is 0. The van der Waals surface area contributed by atoms with E-state index in [-0.39, 0.29) is 5.78 Å². The lowest BCUT2D eigenvalue weighted by Crippen LogP contribution is -2.54. The van der Waals surface area contributed by atoms with Gasteiger partial charge in [0, 0.05) is 23.4 Å². The summed E-state index contributed by atoms with van der Waals surface area (Å²) in [6.45, 7) is 7.02. The fourth-order valence-electron chi connectivity index (χ4n) is 2.01. The Kier molecular flexibility index (Phi) is 3.92. The molecule has 1 aromatic heterocycles. The smallest absolute Gasteiger partial charge is 0.192 e. The molecule has 0 aromatic carbocycles. The van der Waals surface area contributed by atoms with Crippen molar-refractivity contribution in [3.63, 3.8) is 0 Å². The first kappa shape index (κ1) is 13.1. The quantitative estimate of drug-likeness (QED) is 0.676. The number of ether oxygens (including phenoxy) is 1. The van der Waals surface area contributed by atoms with Crippen LogP contribution in [-0.4, -0.2) is 42.5 Å². The number of rotatable bonds is 3. The predicted octanol–water partition coefficient (Wildman–Crippen LogP) is 2.33. The molecule has 3 nitrogen and oxygen atoms in total. The normalized spacial score (nSPS) is 18.3. The maximum atomic E-state index is 12.5. The Bertz CT molecular complexity index is 408. The third kappa shape index (κ3) is 2.73. The lowest BCUT2D eigenvalue weighted by atomic mass is 9.95. The van der Waals surface area contributed by atoms with E-state index in [9.17, 15) is 4.79 Å². The molecule has 0 saturated carbocycles. The number of carbonyl (C=O) groups excluding carboxylic acids is 1. The molecule has 0 N–H and O–H groups in total. The van der Waals surface area contributed by atoms with Crippen molar-refractivity contribution in [3.05, 3.63) is 16.3 Å². The van der Waals surface area contributed by atoms with Crippen molar-refractivity contribution in [2.45, 2.75) is 24.3 Å². The Morgan fingerprint density at radius 3 is 2.65 bits per heavy atom. The van der Waals surface area contributed by atoms with E-state index in [4.69, 9.17) is 4.74 Å². The standard InChI is InChI=1S/C12H17NO2S2/c1-12(2,13-3-5-15-6-4-13)11(14)10-7-9(16)8-17-10/h7-8,16H,3-6H2,1-2H3. The first-order valence-corrected chi connectivity index (χ1v) is 6.99. The Morgan fingerprint density at radius 1 is 1.47 bits per heavy atom. The third-order valence-corrected chi connectivity index (χ3v) is 4.53. The van der Waals surface area contributed by atoms with Crippen molar-refractivity contribution in [1.82, 2.24) is 4.90 Å². The molecule has 1 fully saturated rings. The molecule has 0 amide bonds. The van der Waals surface area contributed by atoms with Crippen molar-refractivity contribution in [1.29, 1.82) is 0 Å². The van der Waals surface area contributed by atoms with Crippen LogP contribution >= 0.6 is 24.0 Å². The van der Waals surface area contributed by atoms with E-state index in [0.29, 0.717) is 13.2 Å². The van der Waals surface area contributed by atoms with E-state index in [0.717, 1.165) is 22.9 Å². The molecule has 1 aliphatic rings. The van der Waals surface area contributed by atoms with Crippen LogP contribution in [0.25, 0.3) is 0 Å². The number of hydrogen-bond donors (Lipinski definition) is 1. The zero-order valence-electron chi connectivity index (χ0n) is 10.1. The molecule has 94 valence electrons. The van der Waals surface area contributed by atoms with Crippen LogP contribution in [0, 0.1) is 0 Å². The molecule has 1 aromatic rings. The zero-order chi connectivity index (χ0) is 12.5. The number of carbonyl (C=O) groups is 1. The number of ketones is 1. The monoisotopic (exact) mass is 271 g/mol. The molecule has 0 unspecified atom stereocenters. The van der Waals surface area contributed by atoms with Crippen LogP contribution in [0.4, 0.5) is 0 Å². The lowest BCUT2D eigenvalue weighted by Gasteiger charge is -2.39. The number of thiophene rings is 1. The molecule has 2 heterocycles. The van der Waals surface area contributed by atoms with Gasteiger partial charge < -0.3 is 4.74 Å². The van der Waals surface area contributed by atoms with Gasteiger partial charge in [0.1, 0.15) is 0 Å². The van der Waals surface area contributed by atoms with E-state index in [1.807, 2.05) is 25.3 Å². The van der Waals surface area contributed by atoms with Crippen LogP contribution in [0.5, 0.6) is 0 Å². The van der Waals surface area contributed by atoms with Crippen molar-refractivity contribution >= 4 is 29.7 Å². The van der Waals surface area contributed by atoms with Gasteiger partial charge in [-0.25, -0.2) is 0 Å². The van der Waals surface area contributed by atoms with Gasteiger partial charge in [0.05, 0.1) is 23.6 Å². The summed E-state index contributed by atoms with van der Waals surface area (Å²) in [5.74, 6) is 0.171. The Hall–Kier alpha value is -0.360. The summed E-state index contributed by atoms with van der Waals surface area (Å²) >= 11 is 5.71. The summed E-state index contributed by atoms with van der Waals surface area (Å²) in [4.78, 5) is 16.3. The molecule has 1 saturated heterocycles.